The number of carbonyl (C=O) groups excluding carboxylic acids is 2. The summed E-state index contributed by atoms with van der Waals surface area (Å²) in [6.07, 6.45) is 1.75. The molecule has 1 N–H and O–H groups in total. The molecular weight excluding hydrogens is 578 g/mol. The molecule has 4 aromatic rings. The molecule has 0 bridgehead atoms. The number of hydrogen-bond acceptors (Lipinski definition) is 5. The van der Waals surface area contributed by atoms with Crippen LogP contribution in [0.4, 0.5) is 18.4 Å². The first kappa shape index (κ1) is 31.7. The smallest absolute Gasteiger partial charge is 0.410 e. The maximum Gasteiger partial charge on any atom is 0.410 e. The number of hydrogen-bond donors (Lipinski definition) is 1. The van der Waals surface area contributed by atoms with Crippen LogP contribution < -0.4 is 5.32 Å². The van der Waals surface area contributed by atoms with Gasteiger partial charge in [0.15, 0.2) is 0 Å². The SMILES string of the molecule is CC(C)(C)OC(=O)NC(c1nc(-c2cc(F)ccc2F)cn1Cc1ccccc1)C1CCN(C(=O)OCc2ccccc2)CC1. The van der Waals surface area contributed by atoms with Crippen LogP contribution in [-0.4, -0.2) is 45.3 Å². The Hall–Kier alpha value is -4.73. The maximum atomic E-state index is 14.9. The first-order valence-corrected chi connectivity index (χ1v) is 15.1. The minimum Gasteiger partial charge on any atom is -0.445 e. The van der Waals surface area contributed by atoms with Gasteiger partial charge in [-0.25, -0.2) is 23.4 Å². The van der Waals surface area contributed by atoms with Gasteiger partial charge < -0.3 is 24.3 Å². The number of likely N-dealkylation sites (tertiary alicyclic amines) is 1. The predicted octanol–water partition coefficient (Wildman–Crippen LogP) is 7.49. The number of amides is 2. The molecule has 45 heavy (non-hydrogen) atoms. The molecule has 0 aliphatic carbocycles. The Balaban J connectivity index is 1.43. The van der Waals surface area contributed by atoms with Crippen molar-refractivity contribution >= 4 is 12.2 Å². The molecule has 0 spiro atoms. The first-order valence-electron chi connectivity index (χ1n) is 15.1. The van der Waals surface area contributed by atoms with Crippen LogP contribution in [0.15, 0.2) is 85.1 Å². The number of nitrogens with zero attached hydrogens (tertiary/aromatic N) is 3. The summed E-state index contributed by atoms with van der Waals surface area (Å²) in [6, 6.07) is 21.8. The number of carbonyl (C=O) groups is 2. The molecule has 1 unspecified atom stereocenters. The fourth-order valence-electron chi connectivity index (χ4n) is 5.46. The van der Waals surface area contributed by atoms with E-state index in [0.717, 1.165) is 29.3 Å². The summed E-state index contributed by atoms with van der Waals surface area (Å²) >= 11 is 0. The lowest BCUT2D eigenvalue weighted by Crippen LogP contribution is -2.44. The van der Waals surface area contributed by atoms with Gasteiger partial charge in [0.2, 0.25) is 0 Å². The highest BCUT2D eigenvalue weighted by atomic mass is 19.1. The van der Waals surface area contributed by atoms with Crippen LogP contribution in [0.5, 0.6) is 0 Å². The number of benzene rings is 3. The van der Waals surface area contributed by atoms with Crippen molar-refractivity contribution in [2.45, 2.75) is 58.4 Å². The highest BCUT2D eigenvalue weighted by molar-refractivity contribution is 5.69. The summed E-state index contributed by atoms with van der Waals surface area (Å²) in [7, 11) is 0. The molecule has 0 saturated carbocycles. The van der Waals surface area contributed by atoms with E-state index in [9.17, 15) is 18.4 Å². The molecule has 8 nitrogen and oxygen atoms in total. The van der Waals surface area contributed by atoms with E-state index in [1.54, 1.807) is 31.9 Å². The molecule has 1 saturated heterocycles. The third-order valence-electron chi connectivity index (χ3n) is 7.63. The lowest BCUT2D eigenvalue weighted by molar-refractivity contribution is 0.0442. The fourth-order valence-corrected chi connectivity index (χ4v) is 5.46. The number of halogens is 2. The monoisotopic (exact) mass is 616 g/mol. The van der Waals surface area contributed by atoms with E-state index in [1.165, 1.54) is 0 Å². The lowest BCUT2D eigenvalue weighted by Gasteiger charge is -2.36. The zero-order valence-electron chi connectivity index (χ0n) is 25.7. The van der Waals surface area contributed by atoms with E-state index >= 15 is 0 Å². The van der Waals surface area contributed by atoms with Crippen molar-refractivity contribution in [3.8, 4) is 11.3 Å². The molecule has 2 heterocycles. The highest BCUT2D eigenvalue weighted by Gasteiger charge is 2.35. The zero-order chi connectivity index (χ0) is 32.0. The van der Waals surface area contributed by atoms with Gasteiger partial charge in [0.05, 0.1) is 11.7 Å². The number of nitrogens with one attached hydrogen (secondary N) is 1. The van der Waals surface area contributed by atoms with E-state index in [-0.39, 0.29) is 23.8 Å². The Morgan fingerprint density at radius 2 is 1.60 bits per heavy atom. The third-order valence-corrected chi connectivity index (χ3v) is 7.63. The number of rotatable bonds is 8. The van der Waals surface area contributed by atoms with Crippen molar-refractivity contribution < 1.29 is 27.8 Å². The normalized spacial score (nSPS) is 14.6. The van der Waals surface area contributed by atoms with Gasteiger partial charge in [0.25, 0.3) is 0 Å². The second kappa shape index (κ2) is 13.9. The van der Waals surface area contributed by atoms with Crippen LogP contribution in [0.1, 0.15) is 56.6 Å². The minimum atomic E-state index is -0.740. The van der Waals surface area contributed by atoms with Crippen molar-refractivity contribution in [2.75, 3.05) is 13.1 Å². The van der Waals surface area contributed by atoms with Gasteiger partial charge in [0, 0.05) is 31.4 Å². The summed E-state index contributed by atoms with van der Waals surface area (Å²) in [5.41, 5.74) is 1.40. The third kappa shape index (κ3) is 8.47. The summed E-state index contributed by atoms with van der Waals surface area (Å²) < 4.78 is 42.1. The van der Waals surface area contributed by atoms with Gasteiger partial charge in [-0.05, 0) is 68.9 Å². The minimum absolute atomic E-state index is 0.0232. The van der Waals surface area contributed by atoms with Crippen LogP contribution in [0.2, 0.25) is 0 Å². The molecule has 1 atom stereocenters. The Morgan fingerprint density at radius 1 is 0.956 bits per heavy atom. The summed E-state index contributed by atoms with van der Waals surface area (Å²) in [6.45, 7) is 6.73. The second-order valence-corrected chi connectivity index (χ2v) is 12.2. The van der Waals surface area contributed by atoms with Gasteiger partial charge in [-0.3, -0.25) is 0 Å². The van der Waals surface area contributed by atoms with Crippen molar-refractivity contribution in [2.24, 2.45) is 5.92 Å². The van der Waals surface area contributed by atoms with Gasteiger partial charge in [-0.1, -0.05) is 60.7 Å². The number of imidazole rings is 1. The largest absolute Gasteiger partial charge is 0.445 e. The Morgan fingerprint density at radius 3 is 2.24 bits per heavy atom. The molecular formula is C35H38F2N4O4. The van der Waals surface area contributed by atoms with E-state index in [0.29, 0.717) is 38.3 Å². The van der Waals surface area contributed by atoms with Gasteiger partial charge in [-0.15, -0.1) is 0 Å². The second-order valence-electron chi connectivity index (χ2n) is 12.2. The molecule has 1 aliphatic heterocycles. The Bertz CT molecular complexity index is 1600. The molecule has 2 amide bonds. The van der Waals surface area contributed by atoms with Crippen LogP contribution in [0.25, 0.3) is 11.3 Å². The maximum absolute atomic E-state index is 14.9. The molecule has 1 aromatic heterocycles. The summed E-state index contributed by atoms with van der Waals surface area (Å²) in [4.78, 5) is 32.5. The van der Waals surface area contributed by atoms with E-state index in [4.69, 9.17) is 14.5 Å². The number of ether oxygens (including phenoxy) is 2. The number of piperidine rings is 1. The van der Waals surface area contributed by atoms with Gasteiger partial charge in [-0.2, -0.15) is 0 Å². The van der Waals surface area contributed by atoms with E-state index in [1.807, 2.05) is 65.2 Å². The molecule has 1 fully saturated rings. The quantitative estimate of drug-likeness (QED) is 0.222. The van der Waals surface area contributed by atoms with Crippen LogP contribution in [0, 0.1) is 17.6 Å². The van der Waals surface area contributed by atoms with Crippen molar-refractivity contribution in [3.05, 3.63) is 114 Å². The molecule has 0 radical (unpaired) electrons. The van der Waals surface area contributed by atoms with Gasteiger partial charge >= 0.3 is 12.2 Å². The van der Waals surface area contributed by atoms with Crippen molar-refractivity contribution in [1.29, 1.82) is 0 Å². The van der Waals surface area contributed by atoms with Gasteiger partial charge in [0.1, 0.15) is 29.7 Å². The average Bonchev–Trinajstić information content (AvgIpc) is 3.43. The lowest BCUT2D eigenvalue weighted by atomic mass is 9.88. The van der Waals surface area contributed by atoms with Crippen LogP contribution in [-0.2, 0) is 22.6 Å². The number of alkyl carbamates (subject to hydrolysis) is 1. The summed E-state index contributed by atoms with van der Waals surface area (Å²) in [5.74, 6) is -0.849. The Kier molecular flexibility index (Phi) is 9.80. The van der Waals surface area contributed by atoms with E-state index < -0.39 is 35.5 Å². The highest BCUT2D eigenvalue weighted by Crippen LogP contribution is 2.34. The molecule has 5 rings (SSSR count). The number of aromatic nitrogens is 2. The molecule has 236 valence electrons. The first-order chi connectivity index (χ1) is 21.6. The fraction of sp³-hybridized carbons (Fsp3) is 0.343. The molecule has 10 heteroatoms. The average molecular weight is 617 g/mol. The predicted molar refractivity (Wildman–Crippen MR) is 166 cm³/mol. The molecule has 3 aromatic carbocycles. The zero-order valence-corrected chi connectivity index (χ0v) is 25.7. The van der Waals surface area contributed by atoms with Crippen molar-refractivity contribution in [3.63, 3.8) is 0 Å². The standard InChI is InChI=1S/C35H38F2N4O4/c1-35(2,3)45-33(42)39-31(26-16-18-40(19-17-26)34(43)44-23-25-12-8-5-9-13-25)32-38-30(28-20-27(36)14-15-29(28)37)22-41(32)21-24-10-6-4-7-11-24/h4-15,20,22,26,31H,16-19,21,23H2,1-3H3,(H,39,42). The van der Waals surface area contributed by atoms with Crippen LogP contribution in [0.3, 0.4) is 0 Å². The van der Waals surface area contributed by atoms with Crippen molar-refractivity contribution in [1.82, 2.24) is 19.8 Å². The molecule has 1 aliphatic rings. The topological polar surface area (TPSA) is 85.7 Å². The Labute approximate surface area is 262 Å². The van der Waals surface area contributed by atoms with E-state index in [2.05, 4.69) is 5.32 Å². The summed E-state index contributed by atoms with van der Waals surface area (Å²) in [5, 5.41) is 3.02. The van der Waals surface area contributed by atoms with Crippen LogP contribution >= 0.6 is 0 Å².